The number of halogens is 1. The molecule has 3 aliphatic heterocycles. The van der Waals surface area contributed by atoms with E-state index in [1.54, 1.807) is 21.9 Å². The van der Waals surface area contributed by atoms with Crippen molar-refractivity contribution in [2.75, 3.05) is 16.4 Å². The number of hydrogen-bond donors (Lipinski definition) is 2. The van der Waals surface area contributed by atoms with Gasteiger partial charge in [-0.3, -0.25) is 14.5 Å². The van der Waals surface area contributed by atoms with E-state index in [2.05, 4.69) is 15.9 Å². The Morgan fingerprint density at radius 3 is 2.41 bits per heavy atom. The van der Waals surface area contributed by atoms with Crippen molar-refractivity contribution in [1.82, 2.24) is 0 Å². The first-order chi connectivity index (χ1) is 22.0. The lowest BCUT2D eigenvalue weighted by molar-refractivity contribution is -0.146. The summed E-state index contributed by atoms with van der Waals surface area (Å²) >= 11 is 3.60. The third-order valence-corrected chi connectivity index (χ3v) is 12.5. The molecule has 8 nitrogen and oxygen atoms in total. The minimum absolute atomic E-state index is 0.0989. The number of para-hydroxylation sites is 3. The van der Waals surface area contributed by atoms with Gasteiger partial charge in [0.2, 0.25) is 0 Å². The topological polar surface area (TPSA) is 99.5 Å². The Morgan fingerprint density at radius 1 is 0.913 bits per heavy atom. The summed E-state index contributed by atoms with van der Waals surface area (Å²) in [7, 11) is -2.80. The number of nitrogens with zero attached hydrogens (tertiary/aromatic N) is 2. The van der Waals surface area contributed by atoms with Crippen LogP contribution < -0.4 is 14.5 Å². The van der Waals surface area contributed by atoms with Crippen LogP contribution in [0.4, 0.5) is 17.1 Å². The van der Waals surface area contributed by atoms with Gasteiger partial charge in [-0.2, -0.15) is 0 Å². The van der Waals surface area contributed by atoms with Gasteiger partial charge in [0.25, 0.3) is 11.8 Å². The van der Waals surface area contributed by atoms with Crippen LogP contribution in [0.25, 0.3) is 0 Å². The van der Waals surface area contributed by atoms with Crippen LogP contribution in [-0.2, 0) is 21.7 Å². The van der Waals surface area contributed by atoms with Crippen molar-refractivity contribution in [3.05, 3.63) is 112 Å². The largest absolute Gasteiger partial charge is 0.454 e. The minimum Gasteiger partial charge on any atom is -0.454 e. The smallest absolute Gasteiger partial charge is 0.266 e. The van der Waals surface area contributed by atoms with Crippen LogP contribution in [0.2, 0.25) is 18.6 Å². The average molecular weight is 700 g/mol. The Morgan fingerprint density at radius 2 is 1.65 bits per heavy atom. The van der Waals surface area contributed by atoms with E-state index in [1.165, 1.54) is 0 Å². The summed E-state index contributed by atoms with van der Waals surface area (Å²) in [6.45, 7) is 5.87. The summed E-state index contributed by atoms with van der Waals surface area (Å²) in [5.74, 6) is 0.331. The number of rotatable bonds is 6. The Hall–Kier alpha value is -3.80. The van der Waals surface area contributed by atoms with Gasteiger partial charge < -0.3 is 24.3 Å². The average Bonchev–Trinajstić information content (AvgIpc) is 3.39. The molecule has 0 bridgehead atoms. The Kier molecular flexibility index (Phi) is 7.68. The first-order valence-corrected chi connectivity index (χ1v) is 19.3. The van der Waals surface area contributed by atoms with E-state index in [1.807, 2.05) is 98.9 Å². The Bertz CT molecular complexity index is 1860. The molecule has 0 aliphatic carbocycles. The van der Waals surface area contributed by atoms with Gasteiger partial charge in [-0.05, 0) is 79.7 Å². The molecule has 3 aliphatic rings. The highest BCUT2D eigenvalue weighted by atomic mass is 79.9. The molecule has 2 N–H and O–H groups in total. The van der Waals surface area contributed by atoms with Crippen molar-refractivity contribution in [2.24, 2.45) is 5.92 Å². The van der Waals surface area contributed by atoms with E-state index in [4.69, 9.17) is 9.47 Å². The maximum Gasteiger partial charge on any atom is 0.266 e. The van der Waals surface area contributed by atoms with Crippen molar-refractivity contribution < 1.29 is 29.0 Å². The van der Waals surface area contributed by atoms with Crippen molar-refractivity contribution in [1.29, 1.82) is 0 Å². The van der Waals surface area contributed by atoms with Crippen LogP contribution in [-0.4, -0.2) is 42.7 Å². The van der Waals surface area contributed by atoms with Gasteiger partial charge in [0.15, 0.2) is 19.7 Å². The van der Waals surface area contributed by atoms with Crippen molar-refractivity contribution in [3.8, 4) is 11.5 Å². The molecule has 236 valence electrons. The molecule has 0 saturated carbocycles. The summed E-state index contributed by atoms with van der Waals surface area (Å²) in [6.07, 6.45) is -0.116. The van der Waals surface area contributed by atoms with Gasteiger partial charge >= 0.3 is 0 Å². The third-order valence-electron chi connectivity index (χ3n) is 9.52. The zero-order valence-electron chi connectivity index (χ0n) is 25.8. The number of hydrogen-bond acceptors (Lipinski definition) is 6. The molecule has 7 rings (SSSR count). The molecule has 10 heteroatoms. The Balaban J connectivity index is 1.28. The molecular weight excluding hydrogens is 664 g/mol. The fraction of sp³-hybridized carbons (Fsp3) is 0.278. The minimum atomic E-state index is -2.80. The number of anilines is 3. The fourth-order valence-electron chi connectivity index (χ4n) is 7.65. The molecule has 4 atom stereocenters. The number of carbonyl (C=O) groups excluding carboxylic acids is 2. The molecule has 46 heavy (non-hydrogen) atoms. The molecule has 1 spiro atoms. The van der Waals surface area contributed by atoms with Gasteiger partial charge in [0.1, 0.15) is 5.75 Å². The number of amides is 2. The quantitative estimate of drug-likeness (QED) is 0.206. The van der Waals surface area contributed by atoms with Gasteiger partial charge in [0, 0.05) is 33.8 Å². The van der Waals surface area contributed by atoms with Crippen LogP contribution in [0.5, 0.6) is 11.5 Å². The van der Waals surface area contributed by atoms with Crippen LogP contribution in [0, 0.1) is 5.92 Å². The van der Waals surface area contributed by atoms with E-state index in [0.717, 1.165) is 21.3 Å². The lowest BCUT2D eigenvalue weighted by Gasteiger charge is -2.32. The van der Waals surface area contributed by atoms with Gasteiger partial charge in [-0.15, -0.1) is 0 Å². The molecule has 0 radical (unpaired) electrons. The van der Waals surface area contributed by atoms with Crippen LogP contribution in [0.15, 0.2) is 95.5 Å². The fourth-order valence-corrected chi connectivity index (χ4v) is 10.6. The van der Waals surface area contributed by atoms with Crippen LogP contribution in [0.1, 0.15) is 34.8 Å². The van der Waals surface area contributed by atoms with Gasteiger partial charge in [-0.1, -0.05) is 59.3 Å². The number of ether oxygens (including phenoxy) is 2. The summed E-state index contributed by atoms with van der Waals surface area (Å²) in [5.41, 5.74) is 2.50. The summed E-state index contributed by atoms with van der Waals surface area (Å²) < 4.78 is 13.7. The lowest BCUT2D eigenvalue weighted by atomic mass is 9.82. The van der Waals surface area contributed by atoms with Crippen molar-refractivity contribution in [3.63, 3.8) is 0 Å². The first-order valence-electron chi connectivity index (χ1n) is 15.5. The Labute approximate surface area is 277 Å². The van der Waals surface area contributed by atoms with Crippen LogP contribution >= 0.6 is 15.9 Å². The summed E-state index contributed by atoms with van der Waals surface area (Å²) in [6, 6.07) is 28.1. The standard InChI is InChI=1S/C36H35BrN2O6Si/c1-22-33(46(2,3)43)32(17-18-40)45-36(22)27-20-24(37)15-16-28(27)38(35(36)42)21-23-9-8-10-25(19-23)39-29-12-5-7-14-31(29)44-30-13-6-4-11-26(30)34(39)41/h4-16,19-20,22,32-33,40,43H,17-18,21H2,1-3H3/t22-,32+,33-,36+/m0/s1. The summed E-state index contributed by atoms with van der Waals surface area (Å²) in [4.78, 5) is 43.5. The molecule has 0 unspecified atom stereocenters. The normalized spacial score (nSPS) is 23.7. The molecule has 1 saturated heterocycles. The third kappa shape index (κ3) is 4.82. The maximum atomic E-state index is 14.7. The second-order valence-electron chi connectivity index (χ2n) is 12.8. The second kappa shape index (κ2) is 11.5. The molecular formula is C36H35BrN2O6Si. The van der Waals surface area contributed by atoms with Crippen molar-refractivity contribution >= 4 is 53.1 Å². The zero-order valence-corrected chi connectivity index (χ0v) is 28.4. The SMILES string of the molecule is C[C@H]1[C@H]([Si](C)(C)O)[C@@H](CCO)O[C@]12C(=O)N(Cc1cccc(N3C(=O)c4ccccc4Oc4ccccc43)c1)c1ccc(Br)cc12. The number of fused-ring (bicyclic) bond motifs is 4. The monoisotopic (exact) mass is 698 g/mol. The van der Waals surface area contributed by atoms with Gasteiger partial charge in [-0.25, -0.2) is 0 Å². The van der Waals surface area contributed by atoms with E-state index in [0.29, 0.717) is 34.9 Å². The highest BCUT2D eigenvalue weighted by molar-refractivity contribution is 9.10. The molecule has 4 aromatic rings. The first kappa shape index (κ1) is 30.8. The highest BCUT2D eigenvalue weighted by Gasteiger charge is 2.66. The summed E-state index contributed by atoms with van der Waals surface area (Å²) in [5, 5.41) is 9.88. The molecule has 1 fully saturated rings. The number of aliphatic hydroxyl groups excluding tert-OH is 1. The van der Waals surface area contributed by atoms with Crippen molar-refractivity contribution in [2.45, 2.75) is 50.2 Å². The predicted molar refractivity (Wildman–Crippen MR) is 182 cm³/mol. The van der Waals surface area contributed by atoms with E-state index >= 15 is 0 Å². The molecule has 0 aromatic heterocycles. The maximum absolute atomic E-state index is 14.7. The number of aliphatic hydroxyl groups is 1. The predicted octanol–water partition coefficient (Wildman–Crippen LogP) is 7.26. The number of carbonyl (C=O) groups is 2. The van der Waals surface area contributed by atoms with E-state index in [9.17, 15) is 19.5 Å². The lowest BCUT2D eigenvalue weighted by Crippen LogP contribution is -2.46. The second-order valence-corrected chi connectivity index (χ2v) is 17.7. The molecule has 2 amide bonds. The molecule has 3 heterocycles. The van der Waals surface area contributed by atoms with E-state index < -0.39 is 20.0 Å². The van der Waals surface area contributed by atoms with Crippen LogP contribution in [0.3, 0.4) is 0 Å². The van der Waals surface area contributed by atoms with Gasteiger partial charge in [0.05, 0.1) is 29.6 Å². The zero-order chi connectivity index (χ0) is 32.4. The number of benzene rings is 4. The van der Waals surface area contributed by atoms with E-state index in [-0.39, 0.29) is 36.4 Å². The highest BCUT2D eigenvalue weighted by Crippen LogP contribution is 2.60. The molecule has 4 aromatic carbocycles.